The van der Waals surface area contributed by atoms with Crippen molar-refractivity contribution in [3.8, 4) is 17.0 Å². The number of fused-ring (bicyclic) bond motifs is 3. The summed E-state index contributed by atoms with van der Waals surface area (Å²) < 4.78 is 7.62. The lowest BCUT2D eigenvalue weighted by Crippen LogP contribution is -2.44. The Morgan fingerprint density at radius 3 is 2.86 bits per heavy atom. The molecule has 29 heavy (non-hydrogen) atoms. The van der Waals surface area contributed by atoms with Crippen molar-refractivity contribution in [3.05, 3.63) is 35.5 Å². The number of likely N-dealkylation sites (tertiary alicyclic amines) is 1. The molecule has 1 saturated heterocycles. The number of carbonyl (C=O) groups is 1. The molecule has 0 radical (unpaired) electrons. The molecule has 2 aromatic rings. The van der Waals surface area contributed by atoms with Gasteiger partial charge in [0.25, 0.3) is 0 Å². The van der Waals surface area contributed by atoms with Crippen LogP contribution in [0.5, 0.6) is 5.75 Å². The Labute approximate surface area is 173 Å². The summed E-state index contributed by atoms with van der Waals surface area (Å²) in [7, 11) is 0. The molecule has 3 heterocycles. The maximum Gasteiger partial charge on any atom is 0.241 e. The highest BCUT2D eigenvalue weighted by Gasteiger charge is 2.25. The van der Waals surface area contributed by atoms with Gasteiger partial charge in [-0.1, -0.05) is 18.1 Å². The average molecular weight is 397 g/mol. The van der Waals surface area contributed by atoms with Gasteiger partial charge >= 0.3 is 0 Å². The van der Waals surface area contributed by atoms with Gasteiger partial charge in [-0.05, 0) is 52.2 Å². The van der Waals surface area contributed by atoms with E-state index >= 15 is 0 Å². The smallest absolute Gasteiger partial charge is 0.241 e. The number of amides is 1. The van der Waals surface area contributed by atoms with Crippen molar-refractivity contribution < 1.29 is 9.53 Å². The van der Waals surface area contributed by atoms with Crippen LogP contribution in [0.4, 0.5) is 0 Å². The molecular weight excluding hydrogens is 364 g/mol. The minimum atomic E-state index is 0.0105. The summed E-state index contributed by atoms with van der Waals surface area (Å²) in [5.41, 5.74) is 4.22. The summed E-state index contributed by atoms with van der Waals surface area (Å²) >= 11 is 0. The molecule has 0 bridgehead atoms. The van der Waals surface area contributed by atoms with Gasteiger partial charge in [0.05, 0.1) is 11.9 Å². The lowest BCUT2D eigenvalue weighted by molar-refractivity contribution is -0.121. The minimum absolute atomic E-state index is 0.0105. The van der Waals surface area contributed by atoms with Crippen molar-refractivity contribution in [3.63, 3.8) is 0 Å². The summed E-state index contributed by atoms with van der Waals surface area (Å²) in [6.07, 6.45) is 6.69. The first kappa shape index (κ1) is 20.0. The molecule has 1 aromatic heterocycles. The van der Waals surface area contributed by atoms with Crippen LogP contribution in [0.1, 0.15) is 50.7 Å². The lowest BCUT2D eigenvalue weighted by atomic mass is 9.97. The molecule has 6 heteroatoms. The van der Waals surface area contributed by atoms with Crippen LogP contribution in [0.25, 0.3) is 11.3 Å². The predicted molar refractivity (Wildman–Crippen MR) is 114 cm³/mol. The third-order valence-electron chi connectivity index (χ3n) is 6.27. The molecule has 2 aliphatic heterocycles. The Kier molecular flexibility index (Phi) is 5.90. The van der Waals surface area contributed by atoms with E-state index in [-0.39, 0.29) is 12.5 Å². The van der Waals surface area contributed by atoms with Gasteiger partial charge in [-0.2, -0.15) is 5.10 Å². The fourth-order valence-corrected chi connectivity index (χ4v) is 4.67. The summed E-state index contributed by atoms with van der Waals surface area (Å²) in [6, 6.07) is 7.44. The highest BCUT2D eigenvalue weighted by molar-refractivity contribution is 5.78. The zero-order valence-electron chi connectivity index (χ0n) is 17.8. The first-order valence-corrected chi connectivity index (χ1v) is 10.8. The van der Waals surface area contributed by atoms with Gasteiger partial charge in [0, 0.05) is 36.3 Å². The van der Waals surface area contributed by atoms with Crippen LogP contribution in [0.15, 0.2) is 24.4 Å². The second-order valence-corrected chi connectivity index (χ2v) is 8.53. The zero-order valence-corrected chi connectivity index (χ0v) is 17.8. The molecule has 156 valence electrons. The van der Waals surface area contributed by atoms with Crippen molar-refractivity contribution in [1.29, 1.82) is 0 Å². The quantitative estimate of drug-likeness (QED) is 0.759. The van der Waals surface area contributed by atoms with Gasteiger partial charge < -0.3 is 10.1 Å². The third kappa shape index (κ3) is 4.32. The summed E-state index contributed by atoms with van der Waals surface area (Å²) in [6.45, 7) is 9.18. The molecule has 6 nitrogen and oxygen atoms in total. The van der Waals surface area contributed by atoms with Gasteiger partial charge in [-0.3, -0.25) is 14.4 Å². The normalized spacial score (nSPS) is 21.2. The Balaban J connectivity index is 1.33. The molecule has 0 spiro atoms. The maximum absolute atomic E-state index is 12.5. The fourth-order valence-electron chi connectivity index (χ4n) is 4.67. The van der Waals surface area contributed by atoms with E-state index in [0.717, 1.165) is 35.5 Å². The van der Waals surface area contributed by atoms with Crippen molar-refractivity contribution in [2.45, 2.75) is 71.7 Å². The molecule has 1 fully saturated rings. The standard InChI is InChI=1S/C23H32N4O2/c1-16-8-9-21-20(12-16)23-19(15-29-21)13-25-27(23)14-22(28)24-10-5-11-26-17(2)6-4-7-18(26)3/h8-9,12-13,17-18H,4-7,10-11,14-15H2,1-3H3,(H,24,28). The maximum atomic E-state index is 12.5. The van der Waals surface area contributed by atoms with Crippen LogP contribution in [0, 0.1) is 6.92 Å². The first-order chi connectivity index (χ1) is 14.0. The van der Waals surface area contributed by atoms with Crippen LogP contribution >= 0.6 is 0 Å². The highest BCUT2D eigenvalue weighted by Crippen LogP contribution is 2.37. The van der Waals surface area contributed by atoms with Gasteiger partial charge in [-0.15, -0.1) is 0 Å². The van der Waals surface area contributed by atoms with Crippen molar-refractivity contribution >= 4 is 5.91 Å². The number of aromatic nitrogens is 2. The monoisotopic (exact) mass is 396 g/mol. The van der Waals surface area contributed by atoms with Crippen LogP contribution < -0.4 is 10.1 Å². The van der Waals surface area contributed by atoms with Gasteiger partial charge in [0.2, 0.25) is 5.91 Å². The molecule has 1 amide bonds. The fraction of sp³-hybridized carbons (Fsp3) is 0.565. The summed E-state index contributed by atoms with van der Waals surface area (Å²) in [5.74, 6) is 0.867. The van der Waals surface area contributed by atoms with Crippen LogP contribution in [0.2, 0.25) is 0 Å². The van der Waals surface area contributed by atoms with Crippen LogP contribution in [-0.4, -0.2) is 45.8 Å². The number of nitrogens with zero attached hydrogens (tertiary/aromatic N) is 3. The Bertz CT molecular complexity index is 866. The Morgan fingerprint density at radius 1 is 1.28 bits per heavy atom. The zero-order chi connectivity index (χ0) is 20.4. The predicted octanol–water partition coefficient (Wildman–Crippen LogP) is 3.52. The number of hydrogen-bond acceptors (Lipinski definition) is 4. The SMILES string of the molecule is Cc1ccc2c(c1)-c1c(cnn1CC(=O)NCCCN1C(C)CCCC1C)CO2. The van der Waals surface area contributed by atoms with E-state index in [0.29, 0.717) is 25.2 Å². The number of nitrogens with one attached hydrogen (secondary N) is 1. The number of piperidine rings is 1. The number of rotatable bonds is 6. The van der Waals surface area contributed by atoms with E-state index in [1.807, 2.05) is 18.3 Å². The summed E-state index contributed by atoms with van der Waals surface area (Å²) in [5, 5.41) is 7.53. The van der Waals surface area contributed by atoms with E-state index < -0.39 is 0 Å². The lowest BCUT2D eigenvalue weighted by Gasteiger charge is -2.39. The summed E-state index contributed by atoms with van der Waals surface area (Å²) in [4.78, 5) is 15.1. The number of ether oxygens (including phenoxy) is 1. The van der Waals surface area contributed by atoms with Crippen LogP contribution in [0.3, 0.4) is 0 Å². The number of benzene rings is 1. The molecule has 4 rings (SSSR count). The second-order valence-electron chi connectivity index (χ2n) is 8.53. The molecule has 1 N–H and O–H groups in total. The third-order valence-corrected chi connectivity index (χ3v) is 6.27. The molecule has 0 saturated carbocycles. The highest BCUT2D eigenvalue weighted by atomic mass is 16.5. The van der Waals surface area contributed by atoms with Gasteiger partial charge in [0.15, 0.2) is 0 Å². The Morgan fingerprint density at radius 2 is 2.07 bits per heavy atom. The van der Waals surface area contributed by atoms with E-state index in [9.17, 15) is 4.79 Å². The topological polar surface area (TPSA) is 59.4 Å². The molecular formula is C23H32N4O2. The van der Waals surface area contributed by atoms with Gasteiger partial charge in [-0.25, -0.2) is 0 Å². The van der Waals surface area contributed by atoms with E-state index in [1.165, 1.54) is 24.8 Å². The molecule has 1 aromatic carbocycles. The molecule has 0 aliphatic carbocycles. The minimum Gasteiger partial charge on any atom is -0.488 e. The first-order valence-electron chi connectivity index (χ1n) is 10.8. The second kappa shape index (κ2) is 8.57. The molecule has 2 unspecified atom stereocenters. The van der Waals surface area contributed by atoms with E-state index in [4.69, 9.17) is 4.74 Å². The molecule has 2 aliphatic rings. The Hall–Kier alpha value is -2.34. The number of hydrogen-bond donors (Lipinski definition) is 1. The largest absolute Gasteiger partial charge is 0.488 e. The number of carbonyl (C=O) groups excluding carboxylic acids is 1. The molecule has 2 atom stereocenters. The van der Waals surface area contributed by atoms with Crippen molar-refractivity contribution in [2.24, 2.45) is 0 Å². The van der Waals surface area contributed by atoms with Crippen LogP contribution in [-0.2, 0) is 17.9 Å². The van der Waals surface area contributed by atoms with E-state index in [2.05, 4.69) is 42.2 Å². The van der Waals surface area contributed by atoms with Gasteiger partial charge in [0.1, 0.15) is 18.9 Å². The van der Waals surface area contributed by atoms with Crippen molar-refractivity contribution in [1.82, 2.24) is 20.0 Å². The number of aryl methyl sites for hydroxylation is 1. The average Bonchev–Trinajstić information content (AvgIpc) is 3.10. The van der Waals surface area contributed by atoms with Crippen molar-refractivity contribution in [2.75, 3.05) is 13.1 Å². The van der Waals surface area contributed by atoms with E-state index in [1.54, 1.807) is 4.68 Å².